The molecule has 4 atom stereocenters. The molecular formula is C45H46F3N7O5. The van der Waals surface area contributed by atoms with Gasteiger partial charge in [0.05, 0.1) is 43.3 Å². The van der Waals surface area contributed by atoms with E-state index in [1.165, 1.54) is 11.0 Å². The van der Waals surface area contributed by atoms with E-state index in [0.717, 1.165) is 23.3 Å². The zero-order valence-corrected chi connectivity index (χ0v) is 33.2. The van der Waals surface area contributed by atoms with Crippen LogP contribution in [0.25, 0.3) is 11.3 Å². The molecule has 15 heteroatoms. The van der Waals surface area contributed by atoms with Crippen molar-refractivity contribution in [3.8, 4) is 17.1 Å². The van der Waals surface area contributed by atoms with Crippen molar-refractivity contribution in [3.05, 3.63) is 131 Å². The lowest BCUT2D eigenvalue weighted by Gasteiger charge is -2.40. The van der Waals surface area contributed by atoms with Gasteiger partial charge < -0.3 is 24.2 Å². The number of piperidine rings is 1. The number of pyridine rings is 1. The first kappa shape index (κ1) is 40.7. The van der Waals surface area contributed by atoms with Crippen molar-refractivity contribution in [2.24, 2.45) is 11.8 Å². The van der Waals surface area contributed by atoms with Gasteiger partial charge in [0.1, 0.15) is 11.7 Å². The predicted octanol–water partition coefficient (Wildman–Crippen LogP) is 6.50. The van der Waals surface area contributed by atoms with Gasteiger partial charge in [-0.25, -0.2) is 9.67 Å². The number of nitrogens with zero attached hydrogens (tertiary/aromatic N) is 7. The highest BCUT2D eigenvalue weighted by atomic mass is 19.4. The molecule has 3 aliphatic heterocycles. The summed E-state index contributed by atoms with van der Waals surface area (Å²) >= 11 is 0. The van der Waals surface area contributed by atoms with Gasteiger partial charge in [-0.1, -0.05) is 78.0 Å². The van der Waals surface area contributed by atoms with E-state index in [1.807, 2.05) is 60.7 Å². The second-order valence-electron chi connectivity index (χ2n) is 15.9. The summed E-state index contributed by atoms with van der Waals surface area (Å²) < 4.78 is 56.6. The number of rotatable bonds is 9. The van der Waals surface area contributed by atoms with Crippen LogP contribution < -0.4 is 4.74 Å². The fourth-order valence-electron chi connectivity index (χ4n) is 8.43. The van der Waals surface area contributed by atoms with E-state index < -0.39 is 29.8 Å². The summed E-state index contributed by atoms with van der Waals surface area (Å²) in [6.07, 6.45) is -2.05. The highest BCUT2D eigenvalue weighted by Crippen LogP contribution is 2.36. The molecule has 6 bridgehead atoms. The van der Waals surface area contributed by atoms with Gasteiger partial charge in [-0.05, 0) is 54.0 Å². The number of benzene rings is 3. The summed E-state index contributed by atoms with van der Waals surface area (Å²) in [5.74, 6) is -1.27. The molecular weight excluding hydrogens is 776 g/mol. The second kappa shape index (κ2) is 17.6. The van der Waals surface area contributed by atoms with Gasteiger partial charge in [0.15, 0.2) is 0 Å². The minimum atomic E-state index is -4.68. The monoisotopic (exact) mass is 821 g/mol. The number of halogens is 3. The number of hydrogen-bond acceptors (Lipinski definition) is 8. The van der Waals surface area contributed by atoms with E-state index in [2.05, 4.69) is 15.3 Å². The van der Waals surface area contributed by atoms with Crippen molar-refractivity contribution in [3.63, 3.8) is 0 Å². The van der Waals surface area contributed by atoms with Gasteiger partial charge in [-0.15, -0.1) is 5.10 Å². The molecule has 8 rings (SSSR count). The van der Waals surface area contributed by atoms with E-state index in [-0.39, 0.29) is 85.5 Å². The molecule has 312 valence electrons. The van der Waals surface area contributed by atoms with Gasteiger partial charge in [-0.2, -0.15) is 13.2 Å². The maximum atomic E-state index is 14.6. The summed E-state index contributed by atoms with van der Waals surface area (Å²) in [5, 5.41) is 8.51. The van der Waals surface area contributed by atoms with Crippen LogP contribution in [-0.2, 0) is 40.2 Å². The molecule has 12 nitrogen and oxygen atoms in total. The third-order valence-electron chi connectivity index (χ3n) is 11.7. The van der Waals surface area contributed by atoms with Gasteiger partial charge in [0.2, 0.25) is 17.7 Å². The summed E-state index contributed by atoms with van der Waals surface area (Å²) in [7, 11) is 1.76. The number of alkyl halides is 3. The van der Waals surface area contributed by atoms with E-state index in [0.29, 0.717) is 38.2 Å². The maximum absolute atomic E-state index is 14.6. The molecule has 0 aliphatic carbocycles. The molecule has 0 spiro atoms. The fourth-order valence-corrected chi connectivity index (χ4v) is 8.43. The lowest BCUT2D eigenvalue weighted by atomic mass is 9.80. The van der Waals surface area contributed by atoms with Gasteiger partial charge in [0, 0.05) is 63.3 Å². The molecule has 0 unspecified atom stereocenters. The first-order valence-electron chi connectivity index (χ1n) is 20.2. The minimum Gasteiger partial charge on any atom is -0.478 e. The van der Waals surface area contributed by atoms with E-state index >= 15 is 0 Å². The lowest BCUT2D eigenvalue weighted by molar-refractivity contribution is -0.139. The molecule has 2 saturated heterocycles. The molecule has 3 amide bonds. The van der Waals surface area contributed by atoms with Crippen LogP contribution in [0.5, 0.6) is 5.88 Å². The van der Waals surface area contributed by atoms with Crippen LogP contribution in [0.15, 0.2) is 103 Å². The Hall–Kier alpha value is -6.09. The van der Waals surface area contributed by atoms with Gasteiger partial charge >= 0.3 is 6.18 Å². The Kier molecular flexibility index (Phi) is 12.0. The van der Waals surface area contributed by atoms with Crippen LogP contribution in [0.2, 0.25) is 0 Å². The Morgan fingerprint density at radius 2 is 1.67 bits per heavy atom. The van der Waals surface area contributed by atoms with Gasteiger partial charge in [-0.3, -0.25) is 14.4 Å². The van der Waals surface area contributed by atoms with Crippen LogP contribution in [0.4, 0.5) is 13.2 Å². The standard InChI is InChI=1S/C45H46F3N7O5/c1-52(24-30-9-4-2-5-10-30)42(56)20-32-15-17-53-26-35(32)16-18-59-41-22-36(45(46,47)48)21-39(49-41)33-13-8-14-34(19-33)43(57)55-28-38(23-40(55)44(53)58)60-29-37-27-54(51-50-37)25-31-11-6-3-7-12-31/h2-14,19,21-22,27,32,35,38,40H,15-18,20,23-26,28-29H2,1H3/t32-,35-,38+,40-/m0/s1. The van der Waals surface area contributed by atoms with Crippen LogP contribution in [-0.4, -0.2) is 97.8 Å². The summed E-state index contributed by atoms with van der Waals surface area (Å²) in [6.45, 7) is 1.88. The molecule has 0 N–H and O–H groups in total. The number of aromatic nitrogens is 4. The van der Waals surface area contributed by atoms with Crippen LogP contribution in [0.1, 0.15) is 58.4 Å². The first-order valence-corrected chi connectivity index (χ1v) is 20.2. The molecule has 0 radical (unpaired) electrons. The normalized spacial score (nSPS) is 20.7. The van der Waals surface area contributed by atoms with Crippen molar-refractivity contribution in [2.75, 3.05) is 33.3 Å². The highest BCUT2D eigenvalue weighted by Gasteiger charge is 2.44. The molecule has 60 heavy (non-hydrogen) atoms. The van der Waals surface area contributed by atoms with Crippen molar-refractivity contribution in [1.29, 1.82) is 0 Å². The van der Waals surface area contributed by atoms with Crippen molar-refractivity contribution < 1.29 is 37.0 Å². The molecule has 5 heterocycles. The summed E-state index contributed by atoms with van der Waals surface area (Å²) in [4.78, 5) is 52.1. The zero-order chi connectivity index (χ0) is 41.8. The van der Waals surface area contributed by atoms with Crippen LogP contribution in [0.3, 0.4) is 0 Å². The Balaban J connectivity index is 1.06. The Morgan fingerprint density at radius 1 is 0.917 bits per heavy atom. The average molecular weight is 822 g/mol. The van der Waals surface area contributed by atoms with E-state index in [9.17, 15) is 27.6 Å². The Labute approximate surface area is 345 Å². The van der Waals surface area contributed by atoms with Crippen molar-refractivity contribution in [2.45, 2.75) is 63.7 Å². The molecule has 0 saturated carbocycles. The zero-order valence-electron chi connectivity index (χ0n) is 33.2. The van der Waals surface area contributed by atoms with Crippen molar-refractivity contribution in [1.82, 2.24) is 34.7 Å². The summed E-state index contributed by atoms with van der Waals surface area (Å²) in [5.41, 5.74) is 2.20. The largest absolute Gasteiger partial charge is 0.478 e. The third kappa shape index (κ3) is 9.52. The lowest BCUT2D eigenvalue weighted by Crippen LogP contribution is -2.52. The fraction of sp³-hybridized carbons (Fsp3) is 0.378. The smallest absolute Gasteiger partial charge is 0.416 e. The number of fused-ring (bicyclic) bond motifs is 8. The topological polar surface area (TPSA) is 123 Å². The molecule has 2 aromatic heterocycles. The molecule has 3 aliphatic rings. The van der Waals surface area contributed by atoms with Crippen LogP contribution >= 0.6 is 0 Å². The molecule has 5 aromatic rings. The number of amides is 3. The van der Waals surface area contributed by atoms with Gasteiger partial charge in [0.25, 0.3) is 5.91 Å². The second-order valence-corrected chi connectivity index (χ2v) is 15.9. The SMILES string of the molecule is CN(Cc1ccccc1)C(=O)C[C@@H]1CCN2C[C@@H]1CCOc1cc(C(F)(F)F)cc(n1)-c1cccc(c1)C(=O)N1C[C@H](OCc3cn(Cc4ccccc4)nn3)C[C@H]1C2=O. The third-order valence-corrected chi connectivity index (χ3v) is 11.7. The maximum Gasteiger partial charge on any atom is 0.416 e. The van der Waals surface area contributed by atoms with E-state index in [4.69, 9.17) is 9.47 Å². The average Bonchev–Trinajstić information content (AvgIpc) is 3.90. The number of ether oxygens (including phenoxy) is 2. The summed E-state index contributed by atoms with van der Waals surface area (Å²) in [6, 6.07) is 26.7. The Morgan fingerprint density at radius 3 is 2.43 bits per heavy atom. The highest BCUT2D eigenvalue weighted by molar-refractivity contribution is 5.99. The van der Waals surface area contributed by atoms with Crippen molar-refractivity contribution >= 4 is 17.7 Å². The molecule has 3 aromatic carbocycles. The minimum absolute atomic E-state index is 0.00842. The quantitative estimate of drug-likeness (QED) is 0.165. The Bertz CT molecular complexity index is 2310. The number of hydrogen-bond donors (Lipinski definition) is 0. The number of carbonyl (C=O) groups excluding carboxylic acids is 3. The van der Waals surface area contributed by atoms with E-state index in [1.54, 1.807) is 45.9 Å². The number of carbonyl (C=O) groups is 3. The predicted molar refractivity (Wildman–Crippen MR) is 214 cm³/mol. The molecule has 2 fully saturated rings. The first-order chi connectivity index (χ1) is 29.0. The van der Waals surface area contributed by atoms with Crippen LogP contribution in [0, 0.1) is 11.8 Å².